The van der Waals surface area contributed by atoms with Crippen molar-refractivity contribution in [2.75, 3.05) is 0 Å². The van der Waals surface area contributed by atoms with E-state index in [-0.39, 0.29) is 35.1 Å². The van der Waals surface area contributed by atoms with Gasteiger partial charge in [-0.3, -0.25) is 14.4 Å². The molecular formula is C28H30O12. The average Bonchev–Trinajstić information content (AvgIpc) is 3.26. The topological polar surface area (TPSA) is 178 Å². The zero-order valence-corrected chi connectivity index (χ0v) is 22.1. The minimum atomic E-state index is -2.01. The second-order valence-corrected chi connectivity index (χ2v) is 11.5. The molecule has 2 bridgehead atoms. The van der Waals surface area contributed by atoms with Crippen molar-refractivity contribution in [2.45, 2.75) is 107 Å². The summed E-state index contributed by atoms with van der Waals surface area (Å²) in [6.07, 6.45) is -6.55. The molecule has 0 radical (unpaired) electrons. The van der Waals surface area contributed by atoms with E-state index in [1.807, 2.05) is 0 Å². The Bertz CT molecular complexity index is 1400. The smallest absolute Gasteiger partial charge is 0.309 e. The molecule has 0 aromatic heterocycles. The Morgan fingerprint density at radius 2 is 1.62 bits per heavy atom. The zero-order chi connectivity index (χ0) is 28.4. The number of esters is 1. The highest BCUT2D eigenvalue weighted by atomic mass is 16.7. The van der Waals surface area contributed by atoms with Gasteiger partial charge >= 0.3 is 5.97 Å². The minimum absolute atomic E-state index is 0.00956. The van der Waals surface area contributed by atoms with Gasteiger partial charge in [-0.2, -0.15) is 0 Å². The second kappa shape index (κ2) is 8.57. The summed E-state index contributed by atoms with van der Waals surface area (Å²) in [5.74, 6) is -3.30. The molecule has 12 heteroatoms. The fraction of sp³-hybridized carbons (Fsp3) is 0.607. The number of Topliss-reactive ketones (excluding diaryl/α,β-unsaturated/α-hetero) is 2. The largest absolute Gasteiger partial charge is 0.507 e. The molecule has 0 unspecified atom stereocenters. The van der Waals surface area contributed by atoms with Crippen LogP contribution < -0.4 is 0 Å². The molecule has 7 aliphatic rings. The first-order chi connectivity index (χ1) is 18.9. The third kappa shape index (κ3) is 3.25. The Balaban J connectivity index is 1.35. The average molecular weight is 559 g/mol. The van der Waals surface area contributed by atoms with Crippen molar-refractivity contribution in [3.05, 3.63) is 33.4 Å². The van der Waals surface area contributed by atoms with Gasteiger partial charge in [0.15, 0.2) is 24.0 Å². The highest BCUT2D eigenvalue weighted by molar-refractivity contribution is 6.30. The summed E-state index contributed by atoms with van der Waals surface area (Å²) in [6.45, 7) is 4.88. The molecule has 3 fully saturated rings. The van der Waals surface area contributed by atoms with Gasteiger partial charge in [0.2, 0.25) is 0 Å². The molecule has 0 saturated carbocycles. The van der Waals surface area contributed by atoms with Crippen LogP contribution in [0.3, 0.4) is 0 Å². The second-order valence-electron chi connectivity index (χ2n) is 11.5. The summed E-state index contributed by atoms with van der Waals surface area (Å²) in [6, 6.07) is 0. The predicted molar refractivity (Wildman–Crippen MR) is 131 cm³/mol. The quantitative estimate of drug-likeness (QED) is 0.302. The zero-order valence-electron chi connectivity index (χ0n) is 22.1. The van der Waals surface area contributed by atoms with Crippen LogP contribution >= 0.6 is 0 Å². The molecule has 12 nitrogen and oxygen atoms in total. The van der Waals surface area contributed by atoms with Crippen molar-refractivity contribution < 1.29 is 58.5 Å². The lowest BCUT2D eigenvalue weighted by molar-refractivity contribution is -0.311. The van der Waals surface area contributed by atoms with E-state index >= 15 is 0 Å². The third-order valence-electron chi connectivity index (χ3n) is 9.30. The van der Waals surface area contributed by atoms with Gasteiger partial charge in [-0.05, 0) is 27.2 Å². The lowest BCUT2D eigenvalue weighted by Gasteiger charge is -2.54. The number of phenols is 2. The number of ether oxygens (including phenoxy) is 5. The number of ketones is 2. The molecule has 10 atom stereocenters. The van der Waals surface area contributed by atoms with Crippen molar-refractivity contribution in [1.29, 1.82) is 0 Å². The van der Waals surface area contributed by atoms with Crippen LogP contribution in [-0.4, -0.2) is 87.0 Å². The number of fused-ring (bicyclic) bond motifs is 5. The fourth-order valence-corrected chi connectivity index (χ4v) is 7.31. The van der Waals surface area contributed by atoms with Crippen LogP contribution in [0.4, 0.5) is 0 Å². The number of aromatic hydroxyl groups is 2. The normalized spacial score (nSPS) is 41.8. The molecule has 1 aromatic carbocycles. The first-order valence-corrected chi connectivity index (χ1v) is 13.6. The maximum absolute atomic E-state index is 13.9. The minimum Gasteiger partial charge on any atom is -0.507 e. The number of hydrogen-bond acceptors (Lipinski definition) is 12. The Morgan fingerprint density at radius 1 is 0.925 bits per heavy atom. The van der Waals surface area contributed by atoms with Crippen molar-refractivity contribution >= 4 is 17.5 Å². The number of carbonyl (C=O) groups is 3. The number of aliphatic hydroxyl groups excluding tert-OH is 1. The van der Waals surface area contributed by atoms with E-state index in [9.17, 15) is 34.8 Å². The molecule has 214 valence electrons. The molecule has 5 aliphatic heterocycles. The first kappa shape index (κ1) is 26.1. The van der Waals surface area contributed by atoms with Gasteiger partial charge in [0.05, 0.1) is 59.7 Å². The highest BCUT2D eigenvalue weighted by Crippen LogP contribution is 2.60. The molecule has 0 amide bonds. The van der Waals surface area contributed by atoms with Crippen LogP contribution in [0.2, 0.25) is 0 Å². The lowest BCUT2D eigenvalue weighted by Crippen LogP contribution is -2.60. The number of benzene rings is 1. The van der Waals surface area contributed by atoms with Crippen LogP contribution in [0.15, 0.2) is 11.1 Å². The molecule has 8 rings (SSSR count). The number of aliphatic hydroxyl groups is 2. The summed E-state index contributed by atoms with van der Waals surface area (Å²) >= 11 is 0. The summed E-state index contributed by atoms with van der Waals surface area (Å²) in [7, 11) is 0. The van der Waals surface area contributed by atoms with E-state index in [2.05, 4.69) is 0 Å². The first-order valence-electron chi connectivity index (χ1n) is 13.6. The van der Waals surface area contributed by atoms with Crippen molar-refractivity contribution in [3.8, 4) is 11.5 Å². The molecule has 4 N–H and O–H groups in total. The Kier molecular flexibility index (Phi) is 5.58. The Hall–Kier alpha value is -2.87. The number of carbonyl (C=O) groups excluding carboxylic acids is 3. The molecule has 2 aliphatic carbocycles. The lowest BCUT2D eigenvalue weighted by atomic mass is 9.66. The predicted octanol–water partition coefficient (Wildman–Crippen LogP) is 1.20. The molecular weight excluding hydrogens is 528 g/mol. The van der Waals surface area contributed by atoms with Crippen LogP contribution in [0.5, 0.6) is 11.5 Å². The number of phenolic OH excluding ortho intramolecular Hbond substituents is 2. The van der Waals surface area contributed by atoms with Crippen LogP contribution in [0, 0.1) is 0 Å². The van der Waals surface area contributed by atoms with Crippen LogP contribution in [0.1, 0.15) is 84.4 Å². The Labute approximate surface area is 228 Å². The van der Waals surface area contributed by atoms with Crippen molar-refractivity contribution in [3.63, 3.8) is 0 Å². The van der Waals surface area contributed by atoms with Gasteiger partial charge in [-0.1, -0.05) is 0 Å². The van der Waals surface area contributed by atoms with Crippen molar-refractivity contribution in [2.24, 2.45) is 0 Å². The fourth-order valence-electron chi connectivity index (χ4n) is 7.31. The maximum Gasteiger partial charge on any atom is 0.309 e. The maximum atomic E-state index is 13.9. The van der Waals surface area contributed by atoms with Gasteiger partial charge in [-0.15, -0.1) is 0 Å². The standard InChI is InChI=1S/C28H30O12/c1-8-11(29)4-5-16(37-8)39-14-6-12-18-22(28(14,35)10(3)38-12)26(34)20-19(24(18)32)25(33)21-17(23(20)31)9(2)36-13-7-15(30)40-27(13)21/h8-14,16,27,29,32,34-35H,4-7H2,1-3H3/t8-,9-,10+,11-,12+,13-,14+,16-,27+,28-/m0/s1. The van der Waals surface area contributed by atoms with Gasteiger partial charge in [0, 0.05) is 29.5 Å². The van der Waals surface area contributed by atoms with Gasteiger partial charge in [0.1, 0.15) is 23.2 Å². The van der Waals surface area contributed by atoms with E-state index in [1.165, 1.54) is 0 Å². The Morgan fingerprint density at radius 3 is 2.35 bits per heavy atom. The van der Waals surface area contributed by atoms with E-state index in [4.69, 9.17) is 23.7 Å². The third-order valence-corrected chi connectivity index (χ3v) is 9.30. The highest BCUT2D eigenvalue weighted by Gasteiger charge is 2.62. The molecule has 3 saturated heterocycles. The SMILES string of the molecule is C[C@@H]1O[C@H]2CC(=O)O[C@H]2C2=C1C(=O)c1c(O)c3c(c(O)c1C2=O)[C@H]1C[C@@H](O[C@H]2CC[C@H](O)[C@H](C)O2)[C@@]3(O)[C@@H](C)O1. The number of rotatable bonds is 2. The number of hydrogen-bond donors (Lipinski definition) is 4. The van der Waals surface area contributed by atoms with Crippen LogP contribution in [0.25, 0.3) is 0 Å². The van der Waals surface area contributed by atoms with Gasteiger partial charge < -0.3 is 44.1 Å². The molecule has 40 heavy (non-hydrogen) atoms. The summed E-state index contributed by atoms with van der Waals surface area (Å²) in [4.78, 5) is 39.8. The van der Waals surface area contributed by atoms with Crippen molar-refractivity contribution in [1.82, 2.24) is 0 Å². The van der Waals surface area contributed by atoms with E-state index in [0.29, 0.717) is 12.8 Å². The molecule has 0 spiro atoms. The van der Waals surface area contributed by atoms with E-state index in [1.54, 1.807) is 20.8 Å². The molecule has 1 aromatic rings. The van der Waals surface area contributed by atoms with Crippen LogP contribution in [-0.2, 0) is 34.1 Å². The summed E-state index contributed by atoms with van der Waals surface area (Å²) in [5, 5.41) is 45.3. The molecule has 5 heterocycles. The summed E-state index contributed by atoms with van der Waals surface area (Å²) in [5.41, 5.74) is -3.13. The monoisotopic (exact) mass is 558 g/mol. The van der Waals surface area contributed by atoms with Gasteiger partial charge in [-0.25, -0.2) is 0 Å². The van der Waals surface area contributed by atoms with Gasteiger partial charge in [0.25, 0.3) is 0 Å². The van der Waals surface area contributed by atoms with E-state index < -0.39 is 101 Å². The summed E-state index contributed by atoms with van der Waals surface area (Å²) < 4.78 is 29.1. The van der Waals surface area contributed by atoms with E-state index in [0.717, 1.165) is 0 Å².